The Morgan fingerprint density at radius 1 is 1.08 bits per heavy atom. The molecule has 5 heteroatoms. The molecule has 1 atom stereocenters. The number of nitrogens with zero attached hydrogens (tertiary/aromatic N) is 3. The second-order valence-corrected chi connectivity index (χ2v) is 6.14. The lowest BCUT2D eigenvalue weighted by Crippen LogP contribution is -2.19. The Bertz CT molecular complexity index is 818. The van der Waals surface area contributed by atoms with Crippen LogP contribution >= 0.6 is 0 Å². The monoisotopic (exact) mass is 323 g/mol. The summed E-state index contributed by atoms with van der Waals surface area (Å²) in [5.74, 6) is 1.18. The summed E-state index contributed by atoms with van der Waals surface area (Å²) in [4.78, 5) is 2.32. The highest BCUT2D eigenvalue weighted by Crippen LogP contribution is 2.28. The first-order valence-corrected chi connectivity index (χ1v) is 8.13. The molecule has 0 bridgehead atoms. The average molecular weight is 323 g/mol. The molecule has 0 radical (unpaired) electrons. The van der Waals surface area contributed by atoms with E-state index in [9.17, 15) is 4.39 Å². The first-order valence-electron chi connectivity index (χ1n) is 8.13. The Kier molecular flexibility index (Phi) is 4.09. The minimum absolute atomic E-state index is 0.308. The van der Waals surface area contributed by atoms with E-state index in [1.807, 2.05) is 6.07 Å². The maximum Gasteiger partial charge on any atom is 0.247 e. The maximum absolute atomic E-state index is 13.3. The molecule has 0 amide bonds. The van der Waals surface area contributed by atoms with Crippen molar-refractivity contribution in [1.29, 1.82) is 0 Å². The van der Waals surface area contributed by atoms with Crippen LogP contribution in [-0.4, -0.2) is 28.2 Å². The molecule has 0 spiro atoms. The number of halogens is 1. The summed E-state index contributed by atoms with van der Waals surface area (Å²) < 4.78 is 19.0. The summed E-state index contributed by atoms with van der Waals surface area (Å²) in [5, 5.41) is 8.14. The van der Waals surface area contributed by atoms with Crippen LogP contribution in [0.2, 0.25) is 0 Å². The van der Waals surface area contributed by atoms with Gasteiger partial charge in [0.05, 0.1) is 6.54 Å². The lowest BCUT2D eigenvalue weighted by atomic mass is 9.99. The Hall–Kier alpha value is -2.53. The molecule has 3 aromatic rings. The Morgan fingerprint density at radius 3 is 2.79 bits per heavy atom. The molecule has 1 unspecified atom stereocenters. The number of benzene rings is 2. The molecule has 24 heavy (non-hydrogen) atoms. The smallest absolute Gasteiger partial charge is 0.247 e. The van der Waals surface area contributed by atoms with Gasteiger partial charge in [0, 0.05) is 12.1 Å². The van der Waals surface area contributed by atoms with E-state index < -0.39 is 0 Å². The van der Waals surface area contributed by atoms with E-state index in [0.29, 0.717) is 29.8 Å². The fraction of sp³-hybridized carbons (Fsp3) is 0.263. The maximum atomic E-state index is 13.3. The van der Waals surface area contributed by atoms with E-state index in [-0.39, 0.29) is 5.82 Å². The number of likely N-dealkylation sites (tertiary alicyclic amines) is 1. The van der Waals surface area contributed by atoms with Crippen molar-refractivity contribution in [3.8, 4) is 11.5 Å². The number of rotatable bonds is 4. The van der Waals surface area contributed by atoms with Crippen LogP contribution in [0.5, 0.6) is 0 Å². The molecule has 4 nitrogen and oxygen atoms in total. The third kappa shape index (κ3) is 3.21. The van der Waals surface area contributed by atoms with Crippen molar-refractivity contribution in [3.63, 3.8) is 0 Å². The molecule has 0 aliphatic carbocycles. The molecule has 1 aromatic heterocycles. The molecule has 2 aromatic carbocycles. The molecule has 2 heterocycles. The highest BCUT2D eigenvalue weighted by atomic mass is 19.1. The fourth-order valence-electron chi connectivity index (χ4n) is 3.22. The van der Waals surface area contributed by atoms with Gasteiger partial charge in [0.15, 0.2) is 0 Å². The van der Waals surface area contributed by atoms with E-state index in [4.69, 9.17) is 4.42 Å². The van der Waals surface area contributed by atoms with Gasteiger partial charge in [-0.3, -0.25) is 4.90 Å². The number of hydrogen-bond acceptors (Lipinski definition) is 4. The van der Waals surface area contributed by atoms with Gasteiger partial charge in [-0.05, 0) is 42.6 Å². The summed E-state index contributed by atoms with van der Waals surface area (Å²) in [6.45, 7) is 2.63. The minimum Gasteiger partial charge on any atom is -0.419 e. The highest BCUT2D eigenvalue weighted by Gasteiger charge is 2.25. The summed E-state index contributed by atoms with van der Waals surface area (Å²) in [5.41, 5.74) is 1.99. The zero-order valence-electron chi connectivity index (χ0n) is 13.2. The first-order chi connectivity index (χ1) is 11.8. The largest absolute Gasteiger partial charge is 0.419 e. The Labute approximate surface area is 139 Å². The quantitative estimate of drug-likeness (QED) is 0.731. The van der Waals surface area contributed by atoms with E-state index in [0.717, 1.165) is 19.5 Å². The predicted octanol–water partition coefficient (Wildman–Crippen LogP) is 3.87. The minimum atomic E-state index is -0.308. The second kappa shape index (κ2) is 6.53. The average Bonchev–Trinajstić information content (AvgIpc) is 3.26. The Balaban J connectivity index is 1.42. The third-order valence-corrected chi connectivity index (χ3v) is 4.44. The molecule has 0 saturated carbocycles. The normalized spacial score (nSPS) is 18.1. The van der Waals surface area contributed by atoms with Gasteiger partial charge in [0.2, 0.25) is 11.8 Å². The van der Waals surface area contributed by atoms with Gasteiger partial charge < -0.3 is 4.42 Å². The molecule has 1 aliphatic rings. The first kappa shape index (κ1) is 15.0. The van der Waals surface area contributed by atoms with E-state index in [1.165, 1.54) is 17.7 Å². The van der Waals surface area contributed by atoms with Crippen molar-refractivity contribution in [2.24, 2.45) is 0 Å². The van der Waals surface area contributed by atoms with Crippen LogP contribution in [0.15, 0.2) is 59.0 Å². The number of hydrogen-bond donors (Lipinski definition) is 0. The van der Waals surface area contributed by atoms with Crippen molar-refractivity contribution < 1.29 is 8.81 Å². The van der Waals surface area contributed by atoms with Crippen molar-refractivity contribution in [2.45, 2.75) is 18.9 Å². The summed E-state index contributed by atoms with van der Waals surface area (Å²) >= 11 is 0. The molecule has 4 rings (SSSR count). The lowest BCUT2D eigenvalue weighted by molar-refractivity contribution is 0.289. The molecule has 1 saturated heterocycles. The standard InChI is InChI=1S/C19H18FN3O/c20-17-8-4-7-15(11-17)19-22-21-18(24-19)13-23-10-9-16(12-23)14-5-2-1-3-6-14/h1-8,11,16H,9-10,12-13H2. The van der Waals surface area contributed by atoms with Crippen molar-refractivity contribution in [3.05, 3.63) is 71.9 Å². The Morgan fingerprint density at radius 2 is 1.96 bits per heavy atom. The molecular weight excluding hydrogens is 305 g/mol. The van der Waals surface area contributed by atoms with E-state index >= 15 is 0 Å². The van der Waals surface area contributed by atoms with Crippen LogP contribution in [0.25, 0.3) is 11.5 Å². The van der Waals surface area contributed by atoms with Crippen molar-refractivity contribution >= 4 is 0 Å². The van der Waals surface area contributed by atoms with Crippen LogP contribution in [-0.2, 0) is 6.54 Å². The second-order valence-electron chi connectivity index (χ2n) is 6.14. The van der Waals surface area contributed by atoms with Gasteiger partial charge in [-0.15, -0.1) is 10.2 Å². The highest BCUT2D eigenvalue weighted by molar-refractivity contribution is 5.52. The molecule has 0 N–H and O–H groups in total. The fourth-order valence-corrected chi connectivity index (χ4v) is 3.22. The van der Waals surface area contributed by atoms with Gasteiger partial charge in [-0.1, -0.05) is 36.4 Å². The molecular formula is C19H18FN3O. The molecule has 122 valence electrons. The molecule has 1 aliphatic heterocycles. The summed E-state index contributed by atoms with van der Waals surface area (Å²) in [6.07, 6.45) is 1.13. The van der Waals surface area contributed by atoms with Crippen molar-refractivity contribution in [1.82, 2.24) is 15.1 Å². The van der Waals surface area contributed by atoms with E-state index in [2.05, 4.69) is 39.4 Å². The predicted molar refractivity (Wildman–Crippen MR) is 88.8 cm³/mol. The zero-order valence-corrected chi connectivity index (χ0v) is 13.2. The van der Waals surface area contributed by atoms with Gasteiger partial charge in [0.25, 0.3) is 0 Å². The summed E-state index contributed by atoms with van der Waals surface area (Å²) in [7, 11) is 0. The van der Waals surface area contributed by atoms with Gasteiger partial charge in [-0.2, -0.15) is 0 Å². The topological polar surface area (TPSA) is 42.2 Å². The van der Waals surface area contributed by atoms with Gasteiger partial charge in [0.1, 0.15) is 5.82 Å². The van der Waals surface area contributed by atoms with Crippen LogP contribution in [0.1, 0.15) is 23.8 Å². The number of aromatic nitrogens is 2. The van der Waals surface area contributed by atoms with Crippen LogP contribution < -0.4 is 0 Å². The lowest BCUT2D eigenvalue weighted by Gasteiger charge is -2.13. The van der Waals surface area contributed by atoms with Gasteiger partial charge >= 0.3 is 0 Å². The SMILES string of the molecule is Fc1cccc(-c2nnc(CN3CCC(c4ccccc4)C3)o2)c1. The molecule has 1 fully saturated rings. The van der Waals surface area contributed by atoms with Crippen molar-refractivity contribution in [2.75, 3.05) is 13.1 Å². The van der Waals surface area contributed by atoms with Gasteiger partial charge in [-0.25, -0.2) is 4.39 Å². The van der Waals surface area contributed by atoms with Crippen LogP contribution in [0, 0.1) is 5.82 Å². The summed E-state index contributed by atoms with van der Waals surface area (Å²) in [6, 6.07) is 16.8. The third-order valence-electron chi connectivity index (χ3n) is 4.44. The van der Waals surface area contributed by atoms with Crippen LogP contribution in [0.3, 0.4) is 0 Å². The zero-order chi connectivity index (χ0) is 16.4. The van der Waals surface area contributed by atoms with E-state index in [1.54, 1.807) is 12.1 Å². The van der Waals surface area contributed by atoms with Crippen LogP contribution in [0.4, 0.5) is 4.39 Å².